The van der Waals surface area contributed by atoms with Gasteiger partial charge in [-0.15, -0.1) is 0 Å². The number of nitrogens with zero attached hydrogens (tertiary/aromatic N) is 2. The molecule has 2 atom stereocenters. The summed E-state index contributed by atoms with van der Waals surface area (Å²) < 4.78 is 0. The summed E-state index contributed by atoms with van der Waals surface area (Å²) in [7, 11) is 0. The molecule has 0 aromatic heterocycles. The summed E-state index contributed by atoms with van der Waals surface area (Å²) in [5, 5.41) is 8.81. The molecule has 0 saturated carbocycles. The molecule has 0 unspecified atom stereocenters. The first-order valence-corrected chi connectivity index (χ1v) is 7.69. The van der Waals surface area contributed by atoms with Crippen LogP contribution in [0.25, 0.3) is 0 Å². The zero-order valence-electron chi connectivity index (χ0n) is 13.2. The molecule has 1 N–H and O–H groups in total. The highest BCUT2D eigenvalue weighted by Crippen LogP contribution is 2.21. The zero-order valence-corrected chi connectivity index (χ0v) is 13.2. The van der Waals surface area contributed by atoms with Gasteiger partial charge in [-0.3, -0.25) is 4.90 Å². The molecular weight excluding hydrogens is 224 g/mol. The van der Waals surface area contributed by atoms with Gasteiger partial charge in [-0.25, -0.2) is 0 Å². The van der Waals surface area contributed by atoms with E-state index in [1.165, 1.54) is 38.9 Å². The minimum atomic E-state index is 0.300. The fourth-order valence-electron chi connectivity index (χ4n) is 2.70. The maximum atomic E-state index is 8.81. The normalized spacial score (nSPS) is 24.8. The SMILES string of the molecule is CCN(CC)CC.C[C@@H]1CCC[C@H](C)N1CCO. The minimum Gasteiger partial charge on any atom is -0.395 e. The quantitative estimate of drug-likeness (QED) is 0.821. The zero-order chi connectivity index (χ0) is 14.0. The second kappa shape index (κ2) is 10.8. The average Bonchev–Trinajstić information content (AvgIpc) is 2.37. The fourth-order valence-corrected chi connectivity index (χ4v) is 2.70. The van der Waals surface area contributed by atoms with Crippen molar-refractivity contribution in [3.63, 3.8) is 0 Å². The molecule has 18 heavy (non-hydrogen) atoms. The van der Waals surface area contributed by atoms with E-state index in [1.54, 1.807) is 0 Å². The van der Waals surface area contributed by atoms with E-state index in [0.29, 0.717) is 18.7 Å². The van der Waals surface area contributed by atoms with E-state index in [1.807, 2.05) is 0 Å². The van der Waals surface area contributed by atoms with Gasteiger partial charge in [-0.1, -0.05) is 27.2 Å². The molecule has 0 radical (unpaired) electrons. The van der Waals surface area contributed by atoms with Gasteiger partial charge in [0.25, 0.3) is 0 Å². The third-order valence-electron chi connectivity index (χ3n) is 4.08. The number of β-amino-alcohol motifs (C(OH)–C–C–N with tert-alkyl or cyclic N) is 1. The topological polar surface area (TPSA) is 26.7 Å². The van der Waals surface area contributed by atoms with Crippen molar-refractivity contribution in [3.05, 3.63) is 0 Å². The molecule has 3 nitrogen and oxygen atoms in total. The molecule has 1 saturated heterocycles. The Hall–Kier alpha value is -0.120. The van der Waals surface area contributed by atoms with E-state index in [4.69, 9.17) is 5.11 Å². The Labute approximate surface area is 114 Å². The van der Waals surface area contributed by atoms with Crippen molar-refractivity contribution in [2.75, 3.05) is 32.8 Å². The monoisotopic (exact) mass is 258 g/mol. The van der Waals surface area contributed by atoms with Gasteiger partial charge < -0.3 is 10.0 Å². The lowest BCUT2D eigenvalue weighted by Crippen LogP contribution is -2.44. The molecule has 0 aromatic carbocycles. The van der Waals surface area contributed by atoms with Crippen LogP contribution in [0.15, 0.2) is 0 Å². The number of rotatable bonds is 5. The van der Waals surface area contributed by atoms with Crippen LogP contribution >= 0.6 is 0 Å². The Bertz CT molecular complexity index is 168. The predicted molar refractivity (Wildman–Crippen MR) is 80.0 cm³/mol. The highest BCUT2D eigenvalue weighted by Gasteiger charge is 2.23. The van der Waals surface area contributed by atoms with Crippen LogP contribution in [0, 0.1) is 0 Å². The number of hydrogen-bond acceptors (Lipinski definition) is 3. The summed E-state index contributed by atoms with van der Waals surface area (Å²) in [5.74, 6) is 0. The molecule has 0 aliphatic carbocycles. The lowest BCUT2D eigenvalue weighted by atomic mass is 9.98. The third-order valence-corrected chi connectivity index (χ3v) is 4.08. The largest absolute Gasteiger partial charge is 0.395 e. The van der Waals surface area contributed by atoms with Crippen molar-refractivity contribution in [1.29, 1.82) is 0 Å². The van der Waals surface area contributed by atoms with Crippen molar-refractivity contribution < 1.29 is 5.11 Å². The van der Waals surface area contributed by atoms with Gasteiger partial charge in [0.15, 0.2) is 0 Å². The second-order valence-corrected chi connectivity index (χ2v) is 5.21. The highest BCUT2D eigenvalue weighted by atomic mass is 16.3. The Morgan fingerprint density at radius 3 is 1.72 bits per heavy atom. The van der Waals surface area contributed by atoms with Crippen LogP contribution in [0.3, 0.4) is 0 Å². The maximum absolute atomic E-state index is 8.81. The Morgan fingerprint density at radius 1 is 1.00 bits per heavy atom. The first-order valence-electron chi connectivity index (χ1n) is 7.69. The molecule has 3 heteroatoms. The summed E-state index contributed by atoms with van der Waals surface area (Å²) in [4.78, 5) is 4.78. The van der Waals surface area contributed by atoms with E-state index >= 15 is 0 Å². The van der Waals surface area contributed by atoms with Gasteiger partial charge in [-0.05, 0) is 46.3 Å². The molecule has 1 rings (SSSR count). The smallest absolute Gasteiger partial charge is 0.0558 e. The molecule has 1 heterocycles. The maximum Gasteiger partial charge on any atom is 0.0558 e. The summed E-state index contributed by atoms with van der Waals surface area (Å²) in [6.07, 6.45) is 3.94. The van der Waals surface area contributed by atoms with Crippen LogP contribution in [0.5, 0.6) is 0 Å². The van der Waals surface area contributed by atoms with Crippen molar-refractivity contribution in [2.24, 2.45) is 0 Å². The number of likely N-dealkylation sites (tertiary alicyclic amines) is 1. The minimum absolute atomic E-state index is 0.300. The van der Waals surface area contributed by atoms with Crippen LogP contribution in [-0.2, 0) is 0 Å². The van der Waals surface area contributed by atoms with E-state index in [0.717, 1.165) is 6.54 Å². The predicted octanol–water partition coefficient (Wildman–Crippen LogP) is 2.59. The number of aliphatic hydroxyl groups excluding tert-OH is 1. The first kappa shape index (κ1) is 17.9. The van der Waals surface area contributed by atoms with Crippen LogP contribution < -0.4 is 0 Å². The van der Waals surface area contributed by atoms with Gasteiger partial charge >= 0.3 is 0 Å². The molecule has 0 aromatic rings. The van der Waals surface area contributed by atoms with Crippen molar-refractivity contribution in [1.82, 2.24) is 9.80 Å². The van der Waals surface area contributed by atoms with Crippen LogP contribution in [0.4, 0.5) is 0 Å². The standard InChI is InChI=1S/C9H19NO.C6H15N/c1-8-4-3-5-9(2)10(8)6-7-11;1-4-7(5-2)6-3/h8-9,11H,3-7H2,1-2H3;4-6H2,1-3H3/t8-,9+;. The molecule has 1 fully saturated rings. The van der Waals surface area contributed by atoms with Gasteiger partial charge in [-0.2, -0.15) is 0 Å². The Morgan fingerprint density at radius 2 is 1.44 bits per heavy atom. The lowest BCUT2D eigenvalue weighted by molar-refractivity contribution is 0.0804. The van der Waals surface area contributed by atoms with Gasteiger partial charge in [0.2, 0.25) is 0 Å². The van der Waals surface area contributed by atoms with E-state index in [-0.39, 0.29) is 0 Å². The third kappa shape index (κ3) is 6.72. The summed E-state index contributed by atoms with van der Waals surface area (Å²) in [6.45, 7) is 15.8. The van der Waals surface area contributed by atoms with Crippen LogP contribution in [0.1, 0.15) is 53.9 Å². The van der Waals surface area contributed by atoms with Crippen molar-refractivity contribution in [2.45, 2.75) is 66.0 Å². The lowest BCUT2D eigenvalue weighted by Gasteiger charge is -2.38. The fraction of sp³-hybridized carbons (Fsp3) is 1.00. The van der Waals surface area contributed by atoms with E-state index < -0.39 is 0 Å². The van der Waals surface area contributed by atoms with Crippen LogP contribution in [0.2, 0.25) is 0 Å². The molecule has 0 amide bonds. The Kier molecular flexibility index (Phi) is 10.7. The average molecular weight is 258 g/mol. The highest BCUT2D eigenvalue weighted by molar-refractivity contribution is 4.78. The number of aliphatic hydroxyl groups is 1. The summed E-state index contributed by atoms with van der Waals surface area (Å²) >= 11 is 0. The van der Waals surface area contributed by atoms with Gasteiger partial charge in [0, 0.05) is 18.6 Å². The Balaban J connectivity index is 0.000000360. The molecule has 0 bridgehead atoms. The second-order valence-electron chi connectivity index (χ2n) is 5.21. The molecule has 1 aliphatic heterocycles. The van der Waals surface area contributed by atoms with E-state index in [9.17, 15) is 0 Å². The van der Waals surface area contributed by atoms with Gasteiger partial charge in [0.1, 0.15) is 0 Å². The number of hydrogen-bond donors (Lipinski definition) is 1. The summed E-state index contributed by atoms with van der Waals surface area (Å²) in [5.41, 5.74) is 0. The number of piperidine rings is 1. The van der Waals surface area contributed by atoms with E-state index in [2.05, 4.69) is 44.4 Å². The molecule has 1 aliphatic rings. The van der Waals surface area contributed by atoms with Gasteiger partial charge in [0.05, 0.1) is 6.61 Å². The summed E-state index contributed by atoms with van der Waals surface area (Å²) in [6, 6.07) is 1.34. The van der Waals surface area contributed by atoms with Crippen molar-refractivity contribution >= 4 is 0 Å². The van der Waals surface area contributed by atoms with Crippen LogP contribution in [-0.4, -0.2) is 59.8 Å². The molecule has 110 valence electrons. The molecular formula is C15H34N2O. The first-order chi connectivity index (χ1) is 8.60. The molecule has 0 spiro atoms. The van der Waals surface area contributed by atoms with Crippen molar-refractivity contribution in [3.8, 4) is 0 Å².